The summed E-state index contributed by atoms with van der Waals surface area (Å²) in [4.78, 5) is 16.1. The van der Waals surface area contributed by atoms with Gasteiger partial charge in [-0.1, -0.05) is 19.1 Å². The Morgan fingerprint density at radius 3 is 2.75 bits per heavy atom. The third kappa shape index (κ3) is 4.00. The van der Waals surface area contributed by atoms with Gasteiger partial charge in [-0.15, -0.1) is 5.10 Å². The van der Waals surface area contributed by atoms with Crippen molar-refractivity contribution in [3.63, 3.8) is 0 Å². The van der Waals surface area contributed by atoms with E-state index in [1.165, 1.54) is 23.0 Å². The molecule has 2 aromatic heterocycles. The molecule has 0 bridgehead atoms. The molecule has 0 fully saturated rings. The molecule has 0 saturated carbocycles. The maximum absolute atomic E-state index is 15.0. The van der Waals surface area contributed by atoms with Crippen LogP contribution in [0.1, 0.15) is 48.4 Å². The highest BCUT2D eigenvalue weighted by Crippen LogP contribution is 2.38. The topological polar surface area (TPSA) is 96.6 Å². The van der Waals surface area contributed by atoms with Crippen LogP contribution in [0.3, 0.4) is 0 Å². The standard InChI is InChI=1S/C22H21F3N6O/c1-12-5-6-22(2,11-31-18(20(12)26)10-28-30-31)15-7-14(8-16(24)19(15)25)29-21(32)17-4-3-13(23)9-27-17/h3-4,7-10,12,26H,5-6,11H2,1-2H3,(H,29,32). The molecule has 0 aliphatic carbocycles. The first kappa shape index (κ1) is 21.7. The number of carbonyl (C=O) groups is 1. The smallest absolute Gasteiger partial charge is 0.274 e. The quantitative estimate of drug-likeness (QED) is 0.638. The molecule has 4 rings (SSSR count). The van der Waals surface area contributed by atoms with Gasteiger partial charge in [0.1, 0.15) is 17.2 Å². The van der Waals surface area contributed by atoms with E-state index in [9.17, 15) is 18.0 Å². The number of aromatic nitrogens is 4. The average Bonchev–Trinajstić information content (AvgIpc) is 3.21. The van der Waals surface area contributed by atoms with Crippen molar-refractivity contribution >= 4 is 17.3 Å². The molecule has 10 heteroatoms. The lowest BCUT2D eigenvalue weighted by atomic mass is 9.74. The van der Waals surface area contributed by atoms with E-state index < -0.39 is 28.8 Å². The number of halogens is 3. The SMILES string of the molecule is CC1CCC(C)(c2cc(NC(=O)c3ccc(F)cn3)cc(F)c2F)Cn2nncc2C1=N. The van der Waals surface area contributed by atoms with Crippen LogP contribution in [0.25, 0.3) is 0 Å². The Morgan fingerprint density at radius 2 is 2.03 bits per heavy atom. The normalized spacial score (nSPS) is 20.9. The van der Waals surface area contributed by atoms with Crippen LogP contribution in [0.15, 0.2) is 36.7 Å². The van der Waals surface area contributed by atoms with Crippen molar-refractivity contribution < 1.29 is 18.0 Å². The second-order valence-electron chi connectivity index (χ2n) is 8.33. The van der Waals surface area contributed by atoms with Crippen molar-refractivity contribution in [1.29, 1.82) is 5.41 Å². The zero-order chi connectivity index (χ0) is 23.0. The molecule has 0 spiro atoms. The Bertz CT molecular complexity index is 1190. The van der Waals surface area contributed by atoms with Crippen molar-refractivity contribution in [1.82, 2.24) is 20.0 Å². The second kappa shape index (κ2) is 8.18. The van der Waals surface area contributed by atoms with Crippen LogP contribution in [0, 0.1) is 28.8 Å². The molecule has 7 nitrogen and oxygen atoms in total. The fraction of sp³-hybridized carbons (Fsp3) is 0.318. The van der Waals surface area contributed by atoms with Gasteiger partial charge >= 0.3 is 0 Å². The summed E-state index contributed by atoms with van der Waals surface area (Å²) in [6, 6.07) is 4.58. The highest BCUT2D eigenvalue weighted by atomic mass is 19.2. The number of rotatable bonds is 3. The Hall–Kier alpha value is -3.56. The third-order valence-electron chi connectivity index (χ3n) is 5.91. The summed E-state index contributed by atoms with van der Waals surface area (Å²) in [5.41, 5.74) is 0.138. The van der Waals surface area contributed by atoms with Gasteiger partial charge in [0, 0.05) is 22.7 Å². The molecule has 2 unspecified atom stereocenters. The van der Waals surface area contributed by atoms with Gasteiger partial charge in [0.2, 0.25) is 0 Å². The summed E-state index contributed by atoms with van der Waals surface area (Å²) in [7, 11) is 0. The lowest BCUT2D eigenvalue weighted by Gasteiger charge is -2.34. The van der Waals surface area contributed by atoms with Crippen molar-refractivity contribution in [2.24, 2.45) is 5.92 Å². The molecular formula is C22H21F3N6O. The number of hydrogen-bond donors (Lipinski definition) is 2. The van der Waals surface area contributed by atoms with Gasteiger partial charge in [0.05, 0.1) is 24.7 Å². The molecule has 1 aliphatic rings. The molecular weight excluding hydrogens is 421 g/mol. The van der Waals surface area contributed by atoms with Crippen LogP contribution < -0.4 is 5.32 Å². The number of pyridine rings is 1. The summed E-state index contributed by atoms with van der Waals surface area (Å²) in [6.45, 7) is 3.88. The van der Waals surface area contributed by atoms with Crippen LogP contribution in [0.4, 0.5) is 18.9 Å². The fourth-order valence-electron chi connectivity index (χ4n) is 3.95. The Morgan fingerprint density at radius 1 is 1.25 bits per heavy atom. The van der Waals surface area contributed by atoms with Crippen LogP contribution in [0.2, 0.25) is 0 Å². The van der Waals surface area contributed by atoms with Crippen LogP contribution in [0.5, 0.6) is 0 Å². The zero-order valence-electron chi connectivity index (χ0n) is 17.5. The largest absolute Gasteiger partial charge is 0.321 e. The van der Waals surface area contributed by atoms with E-state index in [0.29, 0.717) is 24.2 Å². The van der Waals surface area contributed by atoms with E-state index in [0.717, 1.165) is 18.3 Å². The van der Waals surface area contributed by atoms with Crippen LogP contribution in [-0.4, -0.2) is 31.6 Å². The van der Waals surface area contributed by atoms with Gasteiger partial charge in [0.15, 0.2) is 11.6 Å². The fourth-order valence-corrected chi connectivity index (χ4v) is 3.95. The van der Waals surface area contributed by atoms with Gasteiger partial charge in [-0.05, 0) is 37.0 Å². The van der Waals surface area contributed by atoms with Crippen LogP contribution in [-0.2, 0) is 12.0 Å². The average molecular weight is 442 g/mol. The lowest BCUT2D eigenvalue weighted by Crippen LogP contribution is -2.35. The van der Waals surface area contributed by atoms with Crippen molar-refractivity contribution in [3.05, 3.63) is 71.1 Å². The summed E-state index contributed by atoms with van der Waals surface area (Å²) in [6.07, 6.45) is 3.43. The predicted octanol–water partition coefficient (Wildman–Crippen LogP) is 4.10. The lowest BCUT2D eigenvalue weighted by molar-refractivity contribution is 0.102. The number of fused-ring (bicyclic) bond motifs is 1. The van der Waals surface area contributed by atoms with Gasteiger partial charge in [0.25, 0.3) is 5.91 Å². The maximum atomic E-state index is 15.0. The number of anilines is 1. The molecule has 3 aromatic rings. The molecule has 2 atom stereocenters. The van der Waals surface area contributed by atoms with Crippen molar-refractivity contribution in [2.75, 3.05) is 5.32 Å². The highest BCUT2D eigenvalue weighted by Gasteiger charge is 2.36. The van der Waals surface area contributed by atoms with E-state index in [2.05, 4.69) is 20.6 Å². The first-order valence-electron chi connectivity index (χ1n) is 10.1. The van der Waals surface area contributed by atoms with E-state index in [1.54, 1.807) is 6.92 Å². The van der Waals surface area contributed by atoms with Crippen LogP contribution >= 0.6 is 0 Å². The molecule has 1 aromatic carbocycles. The molecule has 32 heavy (non-hydrogen) atoms. The number of amides is 1. The Balaban J connectivity index is 1.71. The first-order chi connectivity index (χ1) is 15.2. The summed E-state index contributed by atoms with van der Waals surface area (Å²) < 4.78 is 44.2. The summed E-state index contributed by atoms with van der Waals surface area (Å²) >= 11 is 0. The number of carbonyl (C=O) groups excluding carboxylic acids is 1. The Kier molecular flexibility index (Phi) is 5.53. The molecule has 2 N–H and O–H groups in total. The monoisotopic (exact) mass is 442 g/mol. The third-order valence-corrected chi connectivity index (χ3v) is 5.91. The molecule has 1 aliphatic heterocycles. The molecule has 166 valence electrons. The maximum Gasteiger partial charge on any atom is 0.274 e. The number of nitrogens with zero attached hydrogens (tertiary/aromatic N) is 4. The minimum Gasteiger partial charge on any atom is -0.321 e. The predicted molar refractivity (Wildman–Crippen MR) is 111 cm³/mol. The number of hydrogen-bond acceptors (Lipinski definition) is 5. The minimum absolute atomic E-state index is 0.0536. The number of benzene rings is 1. The van der Waals surface area contributed by atoms with Gasteiger partial charge in [-0.3, -0.25) is 4.79 Å². The van der Waals surface area contributed by atoms with Gasteiger partial charge in [-0.25, -0.2) is 22.8 Å². The highest BCUT2D eigenvalue weighted by molar-refractivity contribution is 6.02. The molecule has 1 amide bonds. The molecule has 0 radical (unpaired) electrons. The summed E-state index contributed by atoms with van der Waals surface area (Å²) in [5.74, 6) is -3.50. The van der Waals surface area contributed by atoms with Gasteiger partial charge in [-0.2, -0.15) is 0 Å². The number of nitrogens with one attached hydrogen (secondary N) is 2. The first-order valence-corrected chi connectivity index (χ1v) is 10.1. The zero-order valence-corrected chi connectivity index (χ0v) is 17.5. The minimum atomic E-state index is -1.10. The van der Waals surface area contributed by atoms with Gasteiger partial charge < -0.3 is 10.7 Å². The van der Waals surface area contributed by atoms with E-state index >= 15 is 0 Å². The van der Waals surface area contributed by atoms with E-state index in [1.807, 2.05) is 6.92 Å². The molecule has 3 heterocycles. The van der Waals surface area contributed by atoms with E-state index in [-0.39, 0.29) is 29.4 Å². The van der Waals surface area contributed by atoms with E-state index in [4.69, 9.17) is 5.41 Å². The molecule has 0 saturated heterocycles. The Labute approximate surface area is 182 Å². The second-order valence-corrected chi connectivity index (χ2v) is 8.33. The van der Waals surface area contributed by atoms with Crippen molar-refractivity contribution in [2.45, 2.75) is 38.6 Å². The summed E-state index contributed by atoms with van der Waals surface area (Å²) in [5, 5.41) is 18.8. The van der Waals surface area contributed by atoms with Crippen molar-refractivity contribution in [3.8, 4) is 0 Å².